The van der Waals surface area contributed by atoms with Crippen LogP contribution in [0, 0.1) is 0 Å². The molecule has 0 bridgehead atoms. The van der Waals surface area contributed by atoms with Crippen molar-refractivity contribution >= 4 is 72.9 Å². The fourth-order valence-electron chi connectivity index (χ4n) is 3.70. The van der Waals surface area contributed by atoms with Gasteiger partial charge >= 0.3 is 0 Å². The second-order valence-electron chi connectivity index (χ2n) is 7.29. The minimum absolute atomic E-state index is 0.509. The fraction of sp³-hybridized carbons (Fsp3) is 0.174. The molecular weight excluding hydrogens is 442 g/mol. The van der Waals surface area contributed by atoms with Crippen molar-refractivity contribution in [1.29, 1.82) is 0 Å². The topological polar surface area (TPSA) is 81.8 Å². The predicted octanol–water partition coefficient (Wildman–Crippen LogP) is 6.55. The number of aromatic nitrogens is 4. The molecule has 0 aliphatic carbocycles. The second-order valence-corrected chi connectivity index (χ2v) is 8.61. The summed E-state index contributed by atoms with van der Waals surface area (Å²) in [6, 6.07) is 14.0. The zero-order valence-corrected chi connectivity index (χ0v) is 19.3. The molecule has 5 aromatic rings. The normalized spacial score (nSPS) is 11.2. The summed E-state index contributed by atoms with van der Waals surface area (Å²) in [6.45, 7) is 6.05. The predicted molar refractivity (Wildman–Crippen MR) is 135 cm³/mol. The molecule has 3 heterocycles. The molecule has 0 saturated carbocycles. The van der Waals surface area contributed by atoms with Crippen LogP contribution in [-0.4, -0.2) is 33.3 Å². The van der Waals surface area contributed by atoms with Crippen molar-refractivity contribution in [2.75, 3.05) is 28.6 Å². The van der Waals surface area contributed by atoms with Crippen molar-refractivity contribution in [3.8, 4) is 0 Å². The molecule has 0 spiro atoms. The van der Waals surface area contributed by atoms with E-state index in [0.29, 0.717) is 11.0 Å². The molecule has 0 aliphatic heterocycles. The van der Waals surface area contributed by atoms with E-state index in [1.807, 2.05) is 47.8 Å². The smallest absolute Gasteiger partial charge is 0.229 e. The van der Waals surface area contributed by atoms with Crippen molar-refractivity contribution in [2.45, 2.75) is 13.8 Å². The molecule has 0 radical (unpaired) electrons. The summed E-state index contributed by atoms with van der Waals surface area (Å²) in [7, 11) is 0. The summed E-state index contributed by atoms with van der Waals surface area (Å²) in [6.07, 6.45) is 1.81. The maximum Gasteiger partial charge on any atom is 0.229 e. The Hall–Kier alpha value is -3.36. The summed E-state index contributed by atoms with van der Waals surface area (Å²) in [5.41, 5.74) is 4.67. The summed E-state index contributed by atoms with van der Waals surface area (Å²) in [4.78, 5) is 11.6. The average molecular weight is 464 g/mol. The molecule has 0 fully saturated rings. The Bertz CT molecular complexity index is 1390. The Morgan fingerprint density at radius 3 is 2.62 bits per heavy atom. The maximum absolute atomic E-state index is 6.56. The van der Waals surface area contributed by atoms with Crippen molar-refractivity contribution < 1.29 is 0 Å². The molecule has 3 N–H and O–H groups in total. The van der Waals surface area contributed by atoms with Crippen LogP contribution in [0.15, 0.2) is 54.0 Å². The zero-order valence-electron chi connectivity index (χ0n) is 17.7. The van der Waals surface area contributed by atoms with Crippen LogP contribution in [0.1, 0.15) is 13.8 Å². The van der Waals surface area contributed by atoms with Gasteiger partial charge in [-0.1, -0.05) is 11.6 Å². The van der Waals surface area contributed by atoms with Gasteiger partial charge < -0.3 is 15.5 Å². The van der Waals surface area contributed by atoms with Gasteiger partial charge in [0.05, 0.1) is 32.6 Å². The summed E-state index contributed by atoms with van der Waals surface area (Å²) in [5.74, 6) is 1.26. The first-order valence-electron chi connectivity index (χ1n) is 10.4. The van der Waals surface area contributed by atoms with E-state index < -0.39 is 0 Å². The SMILES string of the molecule is CCN(CC)c1ccc(Nc2nc(Nc3ccc4[nH]ncc4c3)c3sccc3n2)cc1Cl. The summed E-state index contributed by atoms with van der Waals surface area (Å²) < 4.78 is 0.998. The fourth-order valence-corrected chi connectivity index (χ4v) is 4.77. The number of anilines is 5. The standard InChI is InChI=1S/C23H22ClN7S/c1-3-31(4-2)20-8-6-16(12-17(20)24)27-23-28-19-9-10-32-21(19)22(29-23)26-15-5-7-18-14(11-15)13-25-30-18/h5-13H,3-4H2,1-2H3,(H,25,30)(H2,26,27,28,29). The lowest BCUT2D eigenvalue weighted by Crippen LogP contribution is -2.22. The van der Waals surface area contributed by atoms with Gasteiger partial charge in [0.25, 0.3) is 0 Å². The number of thiophene rings is 1. The average Bonchev–Trinajstić information content (AvgIpc) is 3.45. The van der Waals surface area contributed by atoms with Gasteiger partial charge in [0.1, 0.15) is 0 Å². The molecule has 0 saturated heterocycles. The van der Waals surface area contributed by atoms with Crippen LogP contribution in [0.25, 0.3) is 21.1 Å². The molecule has 0 amide bonds. The van der Waals surface area contributed by atoms with Crippen LogP contribution in [0.4, 0.5) is 28.8 Å². The van der Waals surface area contributed by atoms with Crippen molar-refractivity contribution in [1.82, 2.24) is 20.2 Å². The lowest BCUT2D eigenvalue weighted by molar-refractivity contribution is 0.866. The van der Waals surface area contributed by atoms with Gasteiger partial charge in [-0.05, 0) is 61.7 Å². The number of H-pyrrole nitrogens is 1. The van der Waals surface area contributed by atoms with Gasteiger partial charge in [-0.3, -0.25) is 5.10 Å². The molecule has 32 heavy (non-hydrogen) atoms. The first kappa shape index (κ1) is 20.5. The van der Waals surface area contributed by atoms with E-state index in [2.05, 4.69) is 44.6 Å². The van der Waals surface area contributed by atoms with Crippen LogP contribution in [0.5, 0.6) is 0 Å². The zero-order chi connectivity index (χ0) is 22.1. The molecule has 0 atom stereocenters. The van der Waals surface area contributed by atoms with Gasteiger partial charge in [-0.25, -0.2) is 4.98 Å². The number of benzene rings is 2. The lowest BCUT2D eigenvalue weighted by atomic mass is 10.2. The van der Waals surface area contributed by atoms with Crippen molar-refractivity contribution in [3.05, 3.63) is 59.1 Å². The van der Waals surface area contributed by atoms with Crippen LogP contribution in [0.3, 0.4) is 0 Å². The molecule has 0 aliphatic rings. The molecule has 2 aromatic carbocycles. The van der Waals surface area contributed by atoms with Gasteiger partial charge in [-0.2, -0.15) is 10.1 Å². The van der Waals surface area contributed by atoms with Crippen molar-refractivity contribution in [3.63, 3.8) is 0 Å². The number of rotatable bonds is 7. The van der Waals surface area contributed by atoms with Gasteiger partial charge in [0, 0.05) is 29.9 Å². The number of fused-ring (bicyclic) bond motifs is 2. The Labute approximate surface area is 194 Å². The molecule has 162 valence electrons. The third-order valence-electron chi connectivity index (χ3n) is 5.31. The maximum atomic E-state index is 6.56. The third-order valence-corrected chi connectivity index (χ3v) is 6.53. The van der Waals surface area contributed by atoms with Crippen LogP contribution in [-0.2, 0) is 0 Å². The van der Waals surface area contributed by atoms with Gasteiger partial charge in [-0.15, -0.1) is 11.3 Å². The highest BCUT2D eigenvalue weighted by Crippen LogP contribution is 2.33. The molecule has 7 nitrogen and oxygen atoms in total. The number of hydrogen-bond acceptors (Lipinski definition) is 7. The number of hydrogen-bond donors (Lipinski definition) is 3. The number of nitrogens with one attached hydrogen (secondary N) is 3. The highest BCUT2D eigenvalue weighted by atomic mass is 35.5. The summed E-state index contributed by atoms with van der Waals surface area (Å²) in [5, 5.41) is 17.5. The Kier molecular flexibility index (Phi) is 5.55. The number of nitrogens with zero attached hydrogens (tertiary/aromatic N) is 4. The molecule has 5 rings (SSSR count). The molecule has 3 aromatic heterocycles. The van der Waals surface area contributed by atoms with E-state index in [1.54, 1.807) is 17.5 Å². The van der Waals surface area contributed by atoms with Crippen LogP contribution in [0.2, 0.25) is 5.02 Å². The lowest BCUT2D eigenvalue weighted by Gasteiger charge is -2.22. The minimum Gasteiger partial charge on any atom is -0.371 e. The Morgan fingerprint density at radius 2 is 1.81 bits per heavy atom. The van der Waals surface area contributed by atoms with Gasteiger partial charge in [0.15, 0.2) is 5.82 Å². The highest BCUT2D eigenvalue weighted by Gasteiger charge is 2.12. The number of aromatic amines is 1. The van der Waals surface area contributed by atoms with E-state index in [0.717, 1.165) is 57.1 Å². The third kappa shape index (κ3) is 3.94. The van der Waals surface area contributed by atoms with Crippen LogP contribution >= 0.6 is 22.9 Å². The van der Waals surface area contributed by atoms with Gasteiger partial charge in [0.2, 0.25) is 5.95 Å². The Morgan fingerprint density at radius 1 is 1.00 bits per heavy atom. The quantitative estimate of drug-likeness (QED) is 0.254. The minimum atomic E-state index is 0.509. The highest BCUT2D eigenvalue weighted by molar-refractivity contribution is 7.17. The van der Waals surface area contributed by atoms with Crippen molar-refractivity contribution in [2.24, 2.45) is 0 Å². The largest absolute Gasteiger partial charge is 0.371 e. The molecular formula is C23H22ClN7S. The summed E-state index contributed by atoms with van der Waals surface area (Å²) >= 11 is 8.17. The molecule has 9 heteroatoms. The first-order chi connectivity index (χ1) is 15.6. The first-order valence-corrected chi connectivity index (χ1v) is 11.7. The second kappa shape index (κ2) is 8.64. The van der Waals surface area contributed by atoms with E-state index in [9.17, 15) is 0 Å². The van der Waals surface area contributed by atoms with Crippen LogP contribution < -0.4 is 15.5 Å². The monoisotopic (exact) mass is 463 g/mol. The Balaban J connectivity index is 1.45. The van der Waals surface area contributed by atoms with E-state index >= 15 is 0 Å². The van der Waals surface area contributed by atoms with E-state index in [1.165, 1.54) is 0 Å². The molecule has 0 unspecified atom stereocenters. The number of halogens is 1. The van der Waals surface area contributed by atoms with E-state index in [-0.39, 0.29) is 0 Å². The van der Waals surface area contributed by atoms with E-state index in [4.69, 9.17) is 16.6 Å².